The molecule has 6 N–H and O–H groups in total. The average molecular weight is 569 g/mol. The first-order chi connectivity index (χ1) is 19.8. The van der Waals surface area contributed by atoms with Crippen molar-refractivity contribution in [1.29, 1.82) is 0 Å². The number of aliphatic hydroxyl groups excluding tert-OH is 2. The third-order valence-electron chi connectivity index (χ3n) is 7.91. The first-order valence-electron chi connectivity index (χ1n) is 13.8. The smallest absolute Gasteiger partial charge is 0.409 e. The summed E-state index contributed by atoms with van der Waals surface area (Å²) in [6, 6.07) is 0.0777. The number of anilines is 1. The van der Waals surface area contributed by atoms with Crippen molar-refractivity contribution in [3.63, 3.8) is 0 Å². The van der Waals surface area contributed by atoms with Crippen LogP contribution in [0.3, 0.4) is 0 Å². The van der Waals surface area contributed by atoms with Crippen molar-refractivity contribution in [2.24, 2.45) is 11.8 Å². The molecule has 0 radical (unpaired) electrons. The van der Waals surface area contributed by atoms with Crippen molar-refractivity contribution >= 4 is 34.9 Å². The van der Waals surface area contributed by atoms with Crippen molar-refractivity contribution in [3.05, 3.63) is 12.2 Å². The molecule has 3 aliphatic heterocycles. The molecule has 1 saturated carbocycles. The van der Waals surface area contributed by atoms with Crippen LogP contribution < -0.4 is 16.4 Å². The predicted octanol–water partition coefficient (Wildman–Crippen LogP) is -1.36. The molecule has 3 saturated heterocycles. The maximum atomic E-state index is 12.5. The number of aliphatic hydroxyl groups is 2. The Kier molecular flexibility index (Phi) is 7.37. The van der Waals surface area contributed by atoms with Gasteiger partial charge < -0.3 is 41.0 Å². The summed E-state index contributed by atoms with van der Waals surface area (Å²) in [7, 11) is 0. The number of aromatic nitrogens is 4. The zero-order chi connectivity index (χ0) is 28.7. The number of fused-ring (bicyclic) bond motifs is 1. The van der Waals surface area contributed by atoms with Gasteiger partial charge in [0, 0.05) is 32.1 Å². The predicted molar refractivity (Wildman–Crippen MR) is 140 cm³/mol. The fourth-order valence-electron chi connectivity index (χ4n) is 5.12. The summed E-state index contributed by atoms with van der Waals surface area (Å²) in [5.41, 5.74) is 6.65. The van der Waals surface area contributed by atoms with Gasteiger partial charge in [-0.2, -0.15) is 0 Å². The number of ether oxygens (including phenoxy) is 2. The molecule has 0 bridgehead atoms. The monoisotopic (exact) mass is 568 g/mol. The molecule has 6 rings (SSSR count). The highest BCUT2D eigenvalue weighted by Gasteiger charge is 2.48. The summed E-state index contributed by atoms with van der Waals surface area (Å²) < 4.78 is 12.4. The van der Waals surface area contributed by atoms with Crippen LogP contribution in [0, 0.1) is 23.7 Å². The molecule has 2 aromatic heterocycles. The number of nitrogens with zero attached hydrogens (tertiary/aromatic N) is 5. The van der Waals surface area contributed by atoms with E-state index in [1.807, 2.05) is 0 Å². The van der Waals surface area contributed by atoms with E-state index >= 15 is 0 Å². The van der Waals surface area contributed by atoms with Crippen molar-refractivity contribution in [2.45, 2.75) is 62.7 Å². The Morgan fingerprint density at radius 2 is 1.98 bits per heavy atom. The lowest BCUT2D eigenvalue weighted by molar-refractivity contribution is -0.137. The van der Waals surface area contributed by atoms with Gasteiger partial charge in [0.05, 0.1) is 12.2 Å². The average Bonchev–Trinajstić information content (AvgIpc) is 3.59. The van der Waals surface area contributed by atoms with Crippen LogP contribution >= 0.6 is 0 Å². The number of likely N-dealkylation sites (tertiary alicyclic amines) is 1. The fraction of sp³-hybridized carbons (Fsp3) is 0.615. The van der Waals surface area contributed by atoms with Crippen LogP contribution in [0.2, 0.25) is 0 Å². The third-order valence-corrected chi connectivity index (χ3v) is 7.91. The van der Waals surface area contributed by atoms with E-state index in [1.54, 1.807) is 4.90 Å². The lowest BCUT2D eigenvalue weighted by Gasteiger charge is -2.31. The minimum absolute atomic E-state index is 0.0777. The van der Waals surface area contributed by atoms with E-state index in [-0.39, 0.29) is 53.2 Å². The van der Waals surface area contributed by atoms with Gasteiger partial charge in [-0.1, -0.05) is 5.92 Å². The summed E-state index contributed by atoms with van der Waals surface area (Å²) in [6.07, 6.45) is -0.343. The molecule has 15 heteroatoms. The normalized spacial score (nSPS) is 28.0. The SMILES string of the molecule is Nc1nc(C#CCC2CCN(C(=O)OCC3CNC3=O)CC2)nc2c1ncn2C1OC(C(=O)NC2CC2)C(O)C1O. The molecule has 218 valence electrons. The standard InChI is InChI=1S/C26H32N8O7/c27-21-17-22(34(12-29-17)25-19(36)18(35)20(41-25)24(38)30-15-4-5-15)32-16(31-21)3-1-2-13-6-8-33(9-7-13)26(39)40-11-14-10-28-23(14)37/h12-15,18-20,25,35-36H,2,4-11H2,(H,28,37)(H,30,38)(H2,27,31,32). The van der Waals surface area contributed by atoms with Gasteiger partial charge in [-0.3, -0.25) is 14.2 Å². The number of carbonyl (C=O) groups is 3. The quantitative estimate of drug-likeness (QED) is 0.203. The van der Waals surface area contributed by atoms with Gasteiger partial charge in [-0.15, -0.1) is 0 Å². The summed E-state index contributed by atoms with van der Waals surface area (Å²) in [5, 5.41) is 26.5. The molecule has 5 unspecified atom stereocenters. The lowest BCUT2D eigenvalue weighted by Crippen LogP contribution is -2.51. The molecular weight excluding hydrogens is 536 g/mol. The molecule has 0 aromatic carbocycles. The number of hydrogen-bond acceptors (Lipinski definition) is 11. The Morgan fingerprint density at radius 1 is 1.20 bits per heavy atom. The Bertz CT molecular complexity index is 1410. The third kappa shape index (κ3) is 5.63. The number of hydrogen-bond donors (Lipinski definition) is 5. The second-order valence-electron chi connectivity index (χ2n) is 10.9. The molecule has 41 heavy (non-hydrogen) atoms. The Hall–Kier alpha value is -4.00. The minimum Gasteiger partial charge on any atom is -0.448 e. The molecule has 5 atom stereocenters. The second-order valence-corrected chi connectivity index (χ2v) is 10.9. The summed E-state index contributed by atoms with van der Waals surface area (Å²) >= 11 is 0. The highest BCUT2D eigenvalue weighted by atomic mass is 16.6. The van der Waals surface area contributed by atoms with Crippen molar-refractivity contribution in [2.75, 3.05) is 32.0 Å². The van der Waals surface area contributed by atoms with E-state index in [2.05, 4.69) is 37.4 Å². The zero-order valence-corrected chi connectivity index (χ0v) is 22.2. The van der Waals surface area contributed by atoms with Crippen LogP contribution in [0.15, 0.2) is 6.33 Å². The highest BCUT2D eigenvalue weighted by molar-refractivity contribution is 5.85. The van der Waals surface area contributed by atoms with E-state index in [0.29, 0.717) is 26.1 Å². The first kappa shape index (κ1) is 27.2. The van der Waals surface area contributed by atoms with Crippen LogP contribution in [0.4, 0.5) is 10.6 Å². The molecule has 15 nitrogen and oxygen atoms in total. The topological polar surface area (TPSA) is 207 Å². The number of amides is 3. The van der Waals surface area contributed by atoms with Gasteiger partial charge >= 0.3 is 6.09 Å². The number of nitrogen functional groups attached to an aromatic ring is 1. The Labute approximate surface area is 234 Å². The molecular formula is C26H32N8O7. The van der Waals surface area contributed by atoms with Crippen molar-refractivity contribution in [3.8, 4) is 11.8 Å². The number of piperidine rings is 1. The molecule has 4 aliphatic rings. The van der Waals surface area contributed by atoms with E-state index in [4.69, 9.17) is 15.2 Å². The molecule has 5 heterocycles. The largest absolute Gasteiger partial charge is 0.448 e. The van der Waals surface area contributed by atoms with Crippen LogP contribution in [-0.2, 0) is 19.1 Å². The fourth-order valence-corrected chi connectivity index (χ4v) is 5.12. The number of nitrogens with two attached hydrogens (primary N) is 1. The van der Waals surface area contributed by atoms with Gasteiger partial charge in [-0.25, -0.2) is 19.7 Å². The lowest BCUT2D eigenvalue weighted by atomic mass is 9.94. The van der Waals surface area contributed by atoms with Crippen LogP contribution in [0.1, 0.15) is 44.2 Å². The van der Waals surface area contributed by atoms with Gasteiger partial charge in [0.15, 0.2) is 23.8 Å². The number of rotatable bonds is 6. The van der Waals surface area contributed by atoms with Gasteiger partial charge in [-0.05, 0) is 37.5 Å². The number of nitrogens with one attached hydrogen (secondary N) is 2. The van der Waals surface area contributed by atoms with Crippen LogP contribution in [0.5, 0.6) is 0 Å². The summed E-state index contributed by atoms with van der Waals surface area (Å²) in [5.74, 6) is 5.76. The highest BCUT2D eigenvalue weighted by Crippen LogP contribution is 2.33. The van der Waals surface area contributed by atoms with Crippen molar-refractivity contribution < 1.29 is 34.1 Å². The van der Waals surface area contributed by atoms with Crippen molar-refractivity contribution in [1.82, 2.24) is 35.1 Å². The maximum absolute atomic E-state index is 12.5. The maximum Gasteiger partial charge on any atom is 0.409 e. The summed E-state index contributed by atoms with van der Waals surface area (Å²) in [6.45, 7) is 1.74. The van der Waals surface area contributed by atoms with E-state index < -0.39 is 36.5 Å². The molecule has 2 aromatic rings. The number of carbonyl (C=O) groups excluding carboxylic acids is 3. The van der Waals surface area contributed by atoms with Gasteiger partial charge in [0.25, 0.3) is 5.91 Å². The number of β-lactam (4-membered cyclic amide) rings is 1. The zero-order valence-electron chi connectivity index (χ0n) is 22.2. The second kappa shape index (κ2) is 11.1. The first-order valence-corrected chi connectivity index (χ1v) is 13.8. The van der Waals surface area contributed by atoms with Gasteiger partial charge in [0.2, 0.25) is 11.7 Å². The van der Waals surface area contributed by atoms with E-state index in [9.17, 15) is 24.6 Å². The molecule has 1 aliphatic carbocycles. The van der Waals surface area contributed by atoms with E-state index in [0.717, 1.165) is 25.7 Å². The van der Waals surface area contributed by atoms with Gasteiger partial charge in [0.1, 0.15) is 24.3 Å². The Morgan fingerprint density at radius 3 is 2.66 bits per heavy atom. The molecule has 4 fully saturated rings. The van der Waals surface area contributed by atoms with E-state index in [1.165, 1.54) is 10.9 Å². The molecule has 3 amide bonds. The minimum atomic E-state index is -1.42. The summed E-state index contributed by atoms with van der Waals surface area (Å²) in [4.78, 5) is 50.6. The van der Waals surface area contributed by atoms with Crippen LogP contribution in [-0.4, -0.2) is 103 Å². The molecule has 0 spiro atoms. The Balaban J connectivity index is 1.07. The van der Waals surface area contributed by atoms with Crippen LogP contribution in [0.25, 0.3) is 11.2 Å². The number of imidazole rings is 1.